The average Bonchev–Trinajstić information content (AvgIpc) is 2.34. The number of carbonyl (C=O) groups excluding carboxylic acids is 1. The summed E-state index contributed by atoms with van der Waals surface area (Å²) in [7, 11) is 0. The van der Waals surface area contributed by atoms with E-state index in [2.05, 4.69) is 21.2 Å². The molecule has 0 unspecified atom stereocenters. The van der Waals surface area contributed by atoms with E-state index >= 15 is 0 Å². The number of nitrogens with one attached hydrogen (secondary N) is 1. The molecule has 0 aromatic heterocycles. The van der Waals surface area contributed by atoms with Crippen LogP contribution in [-0.2, 0) is 11.2 Å². The third-order valence-electron chi connectivity index (χ3n) is 2.81. The van der Waals surface area contributed by atoms with Crippen molar-refractivity contribution >= 4 is 33.2 Å². The van der Waals surface area contributed by atoms with Gasteiger partial charge in [-0.2, -0.15) is 0 Å². The second-order valence-electron chi connectivity index (χ2n) is 4.43. The van der Waals surface area contributed by atoms with Crippen LogP contribution in [0.4, 0.5) is 11.4 Å². The lowest BCUT2D eigenvalue weighted by Crippen LogP contribution is -2.14. The molecule has 98 valence electrons. The van der Waals surface area contributed by atoms with Crippen molar-refractivity contribution < 1.29 is 4.79 Å². The van der Waals surface area contributed by atoms with E-state index in [4.69, 9.17) is 5.73 Å². The molecule has 2 aromatic carbocycles. The molecule has 0 radical (unpaired) electrons. The number of halogens is 1. The van der Waals surface area contributed by atoms with Gasteiger partial charge in [0.1, 0.15) is 0 Å². The number of nitrogen functional groups attached to an aromatic ring is 1. The first-order valence-electron chi connectivity index (χ1n) is 5.95. The fourth-order valence-corrected chi connectivity index (χ4v) is 2.24. The molecule has 4 heteroatoms. The molecule has 0 heterocycles. The Morgan fingerprint density at radius 1 is 1.26 bits per heavy atom. The molecule has 1 amide bonds. The summed E-state index contributed by atoms with van der Waals surface area (Å²) in [5.41, 5.74) is 9.17. The molecular formula is C15H15BrN2O. The van der Waals surface area contributed by atoms with Crippen LogP contribution >= 0.6 is 15.9 Å². The van der Waals surface area contributed by atoms with Gasteiger partial charge in [-0.1, -0.05) is 28.1 Å². The Hall–Kier alpha value is -1.81. The fourth-order valence-electron chi connectivity index (χ4n) is 1.79. The van der Waals surface area contributed by atoms with Gasteiger partial charge in [0.05, 0.1) is 6.42 Å². The zero-order valence-electron chi connectivity index (χ0n) is 10.6. The van der Waals surface area contributed by atoms with E-state index in [1.807, 2.05) is 37.3 Å². The highest BCUT2D eigenvalue weighted by Crippen LogP contribution is 2.17. The van der Waals surface area contributed by atoms with Crippen LogP contribution in [0.15, 0.2) is 46.9 Å². The smallest absolute Gasteiger partial charge is 0.228 e. The quantitative estimate of drug-likeness (QED) is 0.851. The van der Waals surface area contributed by atoms with Gasteiger partial charge in [0.25, 0.3) is 0 Å². The van der Waals surface area contributed by atoms with Crippen LogP contribution in [-0.4, -0.2) is 5.91 Å². The number of amides is 1. The number of anilines is 2. The SMILES string of the molecule is Cc1cc(NC(=O)Cc2cccc(Br)c2)ccc1N. The van der Waals surface area contributed by atoms with Crippen molar-refractivity contribution in [3.8, 4) is 0 Å². The first-order valence-corrected chi connectivity index (χ1v) is 6.74. The topological polar surface area (TPSA) is 55.1 Å². The summed E-state index contributed by atoms with van der Waals surface area (Å²) < 4.78 is 0.973. The molecule has 2 rings (SSSR count). The molecule has 0 aliphatic heterocycles. The van der Waals surface area contributed by atoms with Crippen molar-refractivity contribution in [3.05, 3.63) is 58.1 Å². The first kappa shape index (κ1) is 13.6. The summed E-state index contributed by atoms with van der Waals surface area (Å²) in [6.45, 7) is 1.92. The van der Waals surface area contributed by atoms with Crippen molar-refractivity contribution in [2.45, 2.75) is 13.3 Å². The van der Waals surface area contributed by atoms with Gasteiger partial charge in [0.2, 0.25) is 5.91 Å². The molecule has 0 aliphatic carbocycles. The highest BCUT2D eigenvalue weighted by atomic mass is 79.9. The van der Waals surface area contributed by atoms with Gasteiger partial charge >= 0.3 is 0 Å². The van der Waals surface area contributed by atoms with E-state index in [0.717, 1.165) is 27.0 Å². The molecule has 2 aromatic rings. The van der Waals surface area contributed by atoms with Crippen molar-refractivity contribution in [1.29, 1.82) is 0 Å². The number of nitrogens with two attached hydrogens (primary N) is 1. The number of hydrogen-bond donors (Lipinski definition) is 2. The summed E-state index contributed by atoms with van der Waals surface area (Å²) in [6.07, 6.45) is 0.350. The van der Waals surface area contributed by atoms with E-state index in [9.17, 15) is 4.79 Å². The van der Waals surface area contributed by atoms with Crippen LogP contribution in [0.5, 0.6) is 0 Å². The van der Waals surface area contributed by atoms with E-state index in [0.29, 0.717) is 6.42 Å². The number of hydrogen-bond acceptors (Lipinski definition) is 2. The maximum absolute atomic E-state index is 11.9. The van der Waals surface area contributed by atoms with Gasteiger partial charge in [-0.3, -0.25) is 4.79 Å². The molecular weight excluding hydrogens is 304 g/mol. The summed E-state index contributed by atoms with van der Waals surface area (Å²) in [4.78, 5) is 11.9. The second kappa shape index (κ2) is 5.89. The second-order valence-corrected chi connectivity index (χ2v) is 5.34. The number of rotatable bonds is 3. The maximum Gasteiger partial charge on any atom is 0.228 e. The Kier molecular flexibility index (Phi) is 4.22. The number of aryl methyl sites for hydroxylation is 1. The zero-order chi connectivity index (χ0) is 13.8. The summed E-state index contributed by atoms with van der Waals surface area (Å²) in [5.74, 6) is -0.0396. The van der Waals surface area contributed by atoms with Crippen molar-refractivity contribution in [1.82, 2.24) is 0 Å². The minimum absolute atomic E-state index is 0.0396. The Balaban J connectivity index is 2.03. The Morgan fingerprint density at radius 3 is 2.74 bits per heavy atom. The third-order valence-corrected chi connectivity index (χ3v) is 3.30. The molecule has 0 saturated carbocycles. The van der Waals surface area contributed by atoms with E-state index in [-0.39, 0.29) is 5.91 Å². The van der Waals surface area contributed by atoms with Gasteiger partial charge in [-0.05, 0) is 48.4 Å². The lowest BCUT2D eigenvalue weighted by molar-refractivity contribution is -0.115. The normalized spacial score (nSPS) is 10.2. The van der Waals surface area contributed by atoms with Crippen LogP contribution in [0, 0.1) is 6.92 Å². The van der Waals surface area contributed by atoms with Crippen LogP contribution in [0.2, 0.25) is 0 Å². The fraction of sp³-hybridized carbons (Fsp3) is 0.133. The van der Waals surface area contributed by atoms with Crippen molar-refractivity contribution in [3.63, 3.8) is 0 Å². The standard InChI is InChI=1S/C15H15BrN2O/c1-10-7-13(5-6-14(10)17)18-15(19)9-11-3-2-4-12(16)8-11/h2-8H,9,17H2,1H3,(H,18,19). The van der Waals surface area contributed by atoms with Crippen LogP contribution in [0.25, 0.3) is 0 Å². The van der Waals surface area contributed by atoms with Crippen LogP contribution in [0.3, 0.4) is 0 Å². The lowest BCUT2D eigenvalue weighted by atomic mass is 10.1. The van der Waals surface area contributed by atoms with Crippen LogP contribution in [0.1, 0.15) is 11.1 Å². The Morgan fingerprint density at radius 2 is 2.05 bits per heavy atom. The number of benzene rings is 2. The van der Waals surface area contributed by atoms with Crippen LogP contribution < -0.4 is 11.1 Å². The third kappa shape index (κ3) is 3.83. The monoisotopic (exact) mass is 318 g/mol. The highest BCUT2D eigenvalue weighted by Gasteiger charge is 2.05. The molecule has 3 N–H and O–H groups in total. The van der Waals surface area contributed by atoms with Gasteiger partial charge < -0.3 is 11.1 Å². The molecule has 0 atom stereocenters. The predicted molar refractivity (Wildman–Crippen MR) is 82.1 cm³/mol. The van der Waals surface area contributed by atoms with Gasteiger partial charge in [0.15, 0.2) is 0 Å². The molecule has 0 saturated heterocycles. The Labute approximate surface area is 121 Å². The minimum Gasteiger partial charge on any atom is -0.399 e. The molecule has 0 bridgehead atoms. The molecule has 0 aliphatic rings. The highest BCUT2D eigenvalue weighted by molar-refractivity contribution is 9.10. The molecule has 19 heavy (non-hydrogen) atoms. The van der Waals surface area contributed by atoms with Crippen molar-refractivity contribution in [2.75, 3.05) is 11.1 Å². The van der Waals surface area contributed by atoms with E-state index in [1.54, 1.807) is 12.1 Å². The maximum atomic E-state index is 11.9. The average molecular weight is 319 g/mol. The molecule has 0 fully saturated rings. The number of carbonyl (C=O) groups is 1. The predicted octanol–water partition coefficient (Wildman–Crippen LogP) is 3.52. The van der Waals surface area contributed by atoms with Crippen molar-refractivity contribution in [2.24, 2.45) is 0 Å². The summed E-state index contributed by atoms with van der Waals surface area (Å²) in [6, 6.07) is 13.2. The molecule has 3 nitrogen and oxygen atoms in total. The van der Waals surface area contributed by atoms with Gasteiger partial charge in [0, 0.05) is 15.8 Å². The lowest BCUT2D eigenvalue weighted by Gasteiger charge is -2.08. The summed E-state index contributed by atoms with van der Waals surface area (Å²) in [5, 5.41) is 2.87. The largest absolute Gasteiger partial charge is 0.399 e. The van der Waals surface area contributed by atoms with E-state index < -0.39 is 0 Å². The zero-order valence-corrected chi connectivity index (χ0v) is 12.2. The van der Waals surface area contributed by atoms with Gasteiger partial charge in [-0.15, -0.1) is 0 Å². The van der Waals surface area contributed by atoms with E-state index in [1.165, 1.54) is 0 Å². The summed E-state index contributed by atoms with van der Waals surface area (Å²) >= 11 is 3.39. The Bertz CT molecular complexity index is 611. The molecule has 0 spiro atoms. The first-order chi connectivity index (χ1) is 9.04. The minimum atomic E-state index is -0.0396. The van der Waals surface area contributed by atoms with Gasteiger partial charge in [-0.25, -0.2) is 0 Å².